The Labute approximate surface area is 187 Å². The Bertz CT molecular complexity index is 1110. The van der Waals surface area contributed by atoms with E-state index >= 15 is 0 Å². The molecule has 1 aromatic carbocycles. The zero-order valence-corrected chi connectivity index (χ0v) is 18.0. The van der Waals surface area contributed by atoms with Gasteiger partial charge in [0.25, 0.3) is 11.8 Å². The first-order valence-corrected chi connectivity index (χ1v) is 10.4. The molecule has 3 heterocycles. The normalized spacial score (nSPS) is 21.9. The van der Waals surface area contributed by atoms with E-state index in [1.54, 1.807) is 17.0 Å². The summed E-state index contributed by atoms with van der Waals surface area (Å²) in [5.74, 6) is -3.06. The average molecular weight is 460 g/mol. The fourth-order valence-corrected chi connectivity index (χ4v) is 4.14. The number of nitrogens with one attached hydrogen (secondary N) is 1. The maximum atomic E-state index is 14.3. The maximum Gasteiger partial charge on any atom is 0.326 e. The Morgan fingerprint density at radius 2 is 1.76 bits per heavy atom. The van der Waals surface area contributed by atoms with Crippen LogP contribution in [-0.4, -0.2) is 70.7 Å². The van der Waals surface area contributed by atoms with Crippen LogP contribution in [0.5, 0.6) is 0 Å². The summed E-state index contributed by atoms with van der Waals surface area (Å²) in [5, 5.41) is 2.39. The van der Waals surface area contributed by atoms with Crippen LogP contribution in [0.3, 0.4) is 0 Å². The van der Waals surface area contributed by atoms with Gasteiger partial charge in [0.05, 0.1) is 6.26 Å². The molecule has 2 aliphatic heterocycles. The van der Waals surface area contributed by atoms with Crippen molar-refractivity contribution in [3.05, 3.63) is 59.6 Å². The van der Waals surface area contributed by atoms with Gasteiger partial charge in [0, 0.05) is 31.7 Å². The van der Waals surface area contributed by atoms with Crippen molar-refractivity contribution in [1.29, 1.82) is 0 Å². The summed E-state index contributed by atoms with van der Waals surface area (Å²) < 4.78 is 33.2. The van der Waals surface area contributed by atoms with Gasteiger partial charge in [0.1, 0.15) is 23.2 Å². The van der Waals surface area contributed by atoms with Gasteiger partial charge in [-0.05, 0) is 44.2 Å². The minimum absolute atomic E-state index is 0.200. The van der Waals surface area contributed by atoms with E-state index in [9.17, 15) is 28.0 Å². The van der Waals surface area contributed by atoms with Gasteiger partial charge in [-0.1, -0.05) is 0 Å². The Hall–Kier alpha value is -3.76. The highest BCUT2D eigenvalue weighted by atomic mass is 19.1. The fraction of sp³-hybridized carbons (Fsp3) is 0.364. The third kappa shape index (κ3) is 3.83. The third-order valence-electron chi connectivity index (χ3n) is 6.04. The lowest BCUT2D eigenvalue weighted by Crippen LogP contribution is -2.56. The molecule has 1 aromatic heterocycles. The number of hydrogen-bond donors (Lipinski definition) is 1. The Balaban J connectivity index is 1.46. The average Bonchev–Trinajstić information content (AvgIpc) is 3.41. The summed E-state index contributed by atoms with van der Waals surface area (Å²) in [6.07, 6.45) is 1.40. The minimum Gasteiger partial charge on any atom is -0.459 e. The van der Waals surface area contributed by atoms with E-state index < -0.39 is 41.1 Å². The van der Waals surface area contributed by atoms with E-state index in [-0.39, 0.29) is 43.4 Å². The van der Waals surface area contributed by atoms with Gasteiger partial charge in [-0.15, -0.1) is 0 Å². The molecule has 0 radical (unpaired) electrons. The van der Waals surface area contributed by atoms with Crippen molar-refractivity contribution >= 4 is 23.8 Å². The summed E-state index contributed by atoms with van der Waals surface area (Å²) >= 11 is 0. The molecule has 4 rings (SSSR count). The lowest BCUT2D eigenvalue weighted by molar-refractivity contribution is -0.143. The summed E-state index contributed by atoms with van der Waals surface area (Å²) in [4.78, 5) is 54.9. The molecule has 0 unspecified atom stereocenters. The van der Waals surface area contributed by atoms with Crippen LogP contribution in [0.25, 0.3) is 0 Å². The van der Waals surface area contributed by atoms with E-state index in [1.807, 2.05) is 0 Å². The zero-order valence-electron chi connectivity index (χ0n) is 18.0. The standard InChI is InChI=1S/C22H22F2N4O5/c1-13(18(29)26-7-9-27(10-8-26)19(30)17-4-3-11-33-17)28-20(31)22(2,25-21(28)32)15-12-14(23)5-6-16(15)24/h3-6,11-13H,7-10H2,1-2H3,(H,25,32)/t13-,22+/m0/s1. The predicted molar refractivity (Wildman–Crippen MR) is 110 cm³/mol. The number of hydrogen-bond acceptors (Lipinski definition) is 5. The number of carbonyl (C=O) groups excluding carboxylic acids is 4. The maximum absolute atomic E-state index is 14.3. The molecule has 5 amide bonds. The van der Waals surface area contributed by atoms with E-state index in [0.29, 0.717) is 0 Å². The number of benzene rings is 1. The number of furan rings is 1. The molecule has 0 bridgehead atoms. The van der Waals surface area contributed by atoms with Gasteiger partial charge in [-0.2, -0.15) is 0 Å². The number of rotatable bonds is 4. The Kier molecular flexibility index (Phi) is 5.64. The lowest BCUT2D eigenvalue weighted by atomic mass is 9.91. The van der Waals surface area contributed by atoms with Gasteiger partial charge >= 0.3 is 6.03 Å². The molecule has 33 heavy (non-hydrogen) atoms. The van der Waals surface area contributed by atoms with Crippen LogP contribution in [0, 0.1) is 11.6 Å². The summed E-state index contributed by atoms with van der Waals surface area (Å²) in [6, 6.07) is 3.73. The third-order valence-corrected chi connectivity index (χ3v) is 6.04. The number of piperazine rings is 1. The van der Waals surface area contributed by atoms with E-state index in [4.69, 9.17) is 4.42 Å². The summed E-state index contributed by atoms with van der Waals surface area (Å²) in [6.45, 7) is 3.58. The largest absolute Gasteiger partial charge is 0.459 e. The van der Waals surface area contributed by atoms with Crippen LogP contribution >= 0.6 is 0 Å². The molecule has 2 fully saturated rings. The highest BCUT2D eigenvalue weighted by molar-refractivity contribution is 6.10. The Morgan fingerprint density at radius 3 is 2.39 bits per heavy atom. The quantitative estimate of drug-likeness (QED) is 0.700. The smallest absolute Gasteiger partial charge is 0.326 e. The molecule has 9 nitrogen and oxygen atoms in total. The molecule has 1 N–H and O–H groups in total. The van der Waals surface area contributed by atoms with E-state index in [2.05, 4.69) is 5.32 Å². The molecule has 0 spiro atoms. The lowest BCUT2D eigenvalue weighted by Gasteiger charge is -2.36. The number of imide groups is 1. The SMILES string of the molecule is C[C@@H](C(=O)N1CCN(C(=O)c2ccco2)CC1)N1C(=O)N[C@](C)(c2cc(F)ccc2F)C1=O. The molecular weight excluding hydrogens is 438 g/mol. The van der Waals surface area contributed by atoms with Gasteiger partial charge in [0.15, 0.2) is 5.76 Å². The second-order valence-corrected chi connectivity index (χ2v) is 8.13. The van der Waals surface area contributed by atoms with Crippen molar-refractivity contribution in [2.45, 2.75) is 25.4 Å². The van der Waals surface area contributed by atoms with Gasteiger partial charge in [0.2, 0.25) is 5.91 Å². The molecule has 0 saturated carbocycles. The van der Waals surface area contributed by atoms with Crippen LogP contribution in [-0.2, 0) is 15.1 Å². The van der Waals surface area contributed by atoms with Crippen LogP contribution in [0.15, 0.2) is 41.0 Å². The molecule has 2 aliphatic rings. The van der Waals surface area contributed by atoms with Crippen LogP contribution in [0.1, 0.15) is 30.0 Å². The molecule has 2 aromatic rings. The number of carbonyl (C=O) groups is 4. The van der Waals surface area contributed by atoms with E-state index in [1.165, 1.54) is 25.0 Å². The molecule has 174 valence electrons. The first kappa shape index (κ1) is 22.4. The van der Waals surface area contributed by atoms with E-state index in [0.717, 1.165) is 23.1 Å². The summed E-state index contributed by atoms with van der Waals surface area (Å²) in [5.41, 5.74) is -2.18. The van der Waals surface area contributed by atoms with Gasteiger partial charge < -0.3 is 19.5 Å². The Morgan fingerprint density at radius 1 is 1.09 bits per heavy atom. The molecule has 2 saturated heterocycles. The first-order chi connectivity index (χ1) is 15.6. The van der Waals surface area contributed by atoms with Crippen molar-refractivity contribution in [2.24, 2.45) is 0 Å². The number of amides is 5. The van der Waals surface area contributed by atoms with Crippen LogP contribution in [0.4, 0.5) is 13.6 Å². The highest BCUT2D eigenvalue weighted by Gasteiger charge is 2.53. The summed E-state index contributed by atoms with van der Waals surface area (Å²) in [7, 11) is 0. The fourth-order valence-electron chi connectivity index (χ4n) is 4.14. The predicted octanol–water partition coefficient (Wildman–Crippen LogP) is 1.70. The second kappa shape index (κ2) is 8.30. The van der Waals surface area contributed by atoms with Crippen LogP contribution < -0.4 is 5.32 Å². The van der Waals surface area contributed by atoms with Crippen molar-refractivity contribution in [3.63, 3.8) is 0 Å². The number of urea groups is 1. The number of nitrogens with zero attached hydrogens (tertiary/aromatic N) is 3. The molecule has 0 aliphatic carbocycles. The first-order valence-electron chi connectivity index (χ1n) is 10.4. The van der Waals surface area contributed by atoms with Crippen LogP contribution in [0.2, 0.25) is 0 Å². The van der Waals surface area contributed by atoms with Gasteiger partial charge in [-0.3, -0.25) is 14.4 Å². The van der Waals surface area contributed by atoms with Crippen molar-refractivity contribution in [3.8, 4) is 0 Å². The number of halogens is 2. The topological polar surface area (TPSA) is 103 Å². The van der Waals surface area contributed by atoms with Crippen molar-refractivity contribution in [1.82, 2.24) is 20.0 Å². The monoisotopic (exact) mass is 460 g/mol. The second-order valence-electron chi connectivity index (χ2n) is 8.13. The van der Waals surface area contributed by atoms with Crippen molar-refractivity contribution < 1.29 is 32.4 Å². The minimum atomic E-state index is -1.86. The molecule has 2 atom stereocenters. The molecule has 11 heteroatoms. The highest BCUT2D eigenvalue weighted by Crippen LogP contribution is 2.32. The zero-order chi connectivity index (χ0) is 23.9. The molecular formula is C22H22F2N4O5. The van der Waals surface area contributed by atoms with Gasteiger partial charge in [-0.25, -0.2) is 18.5 Å². The van der Waals surface area contributed by atoms with Crippen molar-refractivity contribution in [2.75, 3.05) is 26.2 Å².